The monoisotopic (exact) mass is 456 g/mol. The number of hydrogen-bond acceptors (Lipinski definition) is 7. The summed E-state index contributed by atoms with van der Waals surface area (Å²) in [5.74, 6) is 0. The van der Waals surface area contributed by atoms with Gasteiger partial charge in [-0.25, -0.2) is 19.7 Å². The molecular weight excluding hydrogens is 436 g/mol. The molecule has 1 aliphatic rings. The first-order valence-corrected chi connectivity index (χ1v) is 11.3. The Hall–Kier alpha value is -3.87. The van der Waals surface area contributed by atoms with Gasteiger partial charge in [-0.3, -0.25) is 5.32 Å². The number of rotatable bonds is 3. The minimum atomic E-state index is -0.196. The van der Waals surface area contributed by atoms with Crippen LogP contribution in [-0.4, -0.2) is 52.2 Å². The first kappa shape index (κ1) is 21.0. The largest absolute Gasteiger partial charge is 0.378 e. The summed E-state index contributed by atoms with van der Waals surface area (Å²) in [6.45, 7) is 4.10. The molecule has 0 saturated carbocycles. The molecule has 1 N–H and O–H groups in total. The molecule has 4 aromatic rings. The summed E-state index contributed by atoms with van der Waals surface area (Å²) in [5.41, 5.74) is 4.77. The van der Waals surface area contributed by atoms with Crippen LogP contribution in [0.3, 0.4) is 0 Å². The second-order valence-electron chi connectivity index (χ2n) is 7.61. The van der Waals surface area contributed by atoms with E-state index in [9.17, 15) is 10.1 Å². The molecule has 0 bridgehead atoms. The summed E-state index contributed by atoms with van der Waals surface area (Å²) in [5, 5.41) is 13.8. The molecule has 0 aliphatic carbocycles. The highest BCUT2D eigenvalue weighted by atomic mass is 32.1. The van der Waals surface area contributed by atoms with Crippen molar-refractivity contribution >= 4 is 33.4 Å². The number of urea groups is 1. The van der Waals surface area contributed by atoms with Crippen LogP contribution in [0.2, 0.25) is 0 Å². The topological polar surface area (TPSA) is 104 Å². The van der Waals surface area contributed by atoms with E-state index in [1.54, 1.807) is 17.3 Å². The second kappa shape index (κ2) is 8.94. The third kappa shape index (κ3) is 4.26. The highest BCUT2D eigenvalue weighted by Crippen LogP contribution is 2.40. The van der Waals surface area contributed by atoms with Gasteiger partial charge < -0.3 is 9.64 Å². The summed E-state index contributed by atoms with van der Waals surface area (Å²) >= 11 is 1.40. The van der Waals surface area contributed by atoms with Crippen molar-refractivity contribution in [1.82, 2.24) is 19.9 Å². The van der Waals surface area contributed by atoms with Crippen molar-refractivity contribution in [2.24, 2.45) is 0 Å². The summed E-state index contributed by atoms with van der Waals surface area (Å²) in [6.07, 6.45) is 1.56. The van der Waals surface area contributed by atoms with Crippen LogP contribution < -0.4 is 5.32 Å². The Bertz CT molecular complexity index is 1390. The van der Waals surface area contributed by atoms with E-state index in [0.717, 1.165) is 32.6 Å². The van der Waals surface area contributed by atoms with Crippen LogP contribution in [0.25, 0.3) is 32.6 Å². The second-order valence-corrected chi connectivity index (χ2v) is 8.61. The molecule has 2 amide bonds. The van der Waals surface area contributed by atoms with Crippen molar-refractivity contribution in [2.75, 3.05) is 31.6 Å². The molecule has 1 aliphatic heterocycles. The van der Waals surface area contributed by atoms with Crippen molar-refractivity contribution in [3.8, 4) is 27.8 Å². The quantitative estimate of drug-likeness (QED) is 0.488. The van der Waals surface area contributed by atoms with E-state index >= 15 is 0 Å². The zero-order chi connectivity index (χ0) is 22.8. The van der Waals surface area contributed by atoms with Gasteiger partial charge in [0.05, 0.1) is 40.9 Å². The predicted molar refractivity (Wildman–Crippen MR) is 127 cm³/mol. The fraction of sp³-hybridized carbons (Fsp3) is 0.208. The molecule has 3 heterocycles. The van der Waals surface area contributed by atoms with Crippen LogP contribution in [0.5, 0.6) is 0 Å². The van der Waals surface area contributed by atoms with Gasteiger partial charge in [0.15, 0.2) is 5.13 Å². The van der Waals surface area contributed by atoms with Gasteiger partial charge in [0.25, 0.3) is 0 Å². The van der Waals surface area contributed by atoms with Crippen LogP contribution >= 0.6 is 11.3 Å². The van der Waals surface area contributed by atoms with Gasteiger partial charge in [0.2, 0.25) is 0 Å². The van der Waals surface area contributed by atoms with E-state index in [4.69, 9.17) is 9.72 Å². The van der Waals surface area contributed by atoms with Gasteiger partial charge in [-0.2, -0.15) is 5.26 Å². The average molecular weight is 457 g/mol. The first-order chi connectivity index (χ1) is 16.1. The van der Waals surface area contributed by atoms with Crippen LogP contribution in [0.4, 0.5) is 9.93 Å². The highest BCUT2D eigenvalue weighted by molar-refractivity contribution is 7.19. The fourth-order valence-electron chi connectivity index (χ4n) is 3.76. The standard InChI is InChI=1S/C24H20N6O2S/c1-15-19-12-18(5-6-20(19)27-14-26-15)22-21(17-4-2-3-16(11-17)13-25)28-23(33-22)29-24(31)30-7-9-32-10-8-30/h2-6,11-12,14H,7-10H2,1H3,(H,28,29,31). The van der Waals surface area contributed by atoms with E-state index in [1.165, 1.54) is 11.3 Å². The van der Waals surface area contributed by atoms with Gasteiger partial charge in [0, 0.05) is 29.7 Å². The minimum Gasteiger partial charge on any atom is -0.378 e. The number of anilines is 1. The number of fused-ring (bicyclic) bond motifs is 1. The number of benzene rings is 2. The molecule has 0 unspecified atom stereocenters. The lowest BCUT2D eigenvalue weighted by atomic mass is 10.0. The Morgan fingerprint density at radius 1 is 1.15 bits per heavy atom. The molecule has 1 saturated heterocycles. The highest BCUT2D eigenvalue weighted by Gasteiger charge is 2.21. The number of carbonyl (C=O) groups excluding carboxylic acids is 1. The van der Waals surface area contributed by atoms with Gasteiger partial charge in [-0.05, 0) is 36.8 Å². The molecule has 9 heteroatoms. The summed E-state index contributed by atoms with van der Waals surface area (Å²) in [4.78, 5) is 28.8. The molecule has 164 valence electrons. The van der Waals surface area contributed by atoms with Crippen LogP contribution in [-0.2, 0) is 4.74 Å². The van der Waals surface area contributed by atoms with Crippen LogP contribution in [0.15, 0.2) is 48.8 Å². The lowest BCUT2D eigenvalue weighted by molar-refractivity contribution is 0.0564. The normalized spacial score (nSPS) is 13.6. The molecule has 0 spiro atoms. The number of aryl methyl sites for hydroxylation is 1. The smallest absolute Gasteiger partial charge is 0.323 e. The number of nitriles is 1. The Morgan fingerprint density at radius 2 is 2.00 bits per heavy atom. The zero-order valence-electron chi connectivity index (χ0n) is 17.9. The van der Waals surface area contributed by atoms with Gasteiger partial charge in [-0.1, -0.05) is 29.5 Å². The lowest BCUT2D eigenvalue weighted by Crippen LogP contribution is -2.43. The fourth-order valence-corrected chi connectivity index (χ4v) is 4.74. The van der Waals surface area contributed by atoms with Crippen molar-refractivity contribution in [3.63, 3.8) is 0 Å². The van der Waals surface area contributed by atoms with Crippen molar-refractivity contribution in [3.05, 3.63) is 60.0 Å². The van der Waals surface area contributed by atoms with Crippen LogP contribution in [0.1, 0.15) is 11.3 Å². The Kier molecular flexibility index (Phi) is 5.69. The Balaban J connectivity index is 1.58. The van der Waals surface area contributed by atoms with E-state index in [0.29, 0.717) is 42.7 Å². The SMILES string of the molecule is Cc1ncnc2ccc(-c3sc(NC(=O)N4CCOCC4)nc3-c3cccc(C#N)c3)cc12. The molecule has 1 fully saturated rings. The molecule has 0 radical (unpaired) electrons. The van der Waals surface area contributed by atoms with Crippen molar-refractivity contribution in [1.29, 1.82) is 5.26 Å². The molecule has 5 rings (SSSR count). The number of morpholine rings is 1. The van der Waals surface area contributed by atoms with Crippen molar-refractivity contribution in [2.45, 2.75) is 6.92 Å². The van der Waals surface area contributed by atoms with Crippen molar-refractivity contribution < 1.29 is 9.53 Å². The number of nitrogens with zero attached hydrogens (tertiary/aromatic N) is 5. The maximum absolute atomic E-state index is 12.7. The van der Waals surface area contributed by atoms with E-state index < -0.39 is 0 Å². The number of nitrogens with one attached hydrogen (secondary N) is 1. The van der Waals surface area contributed by atoms with Gasteiger partial charge in [0.1, 0.15) is 6.33 Å². The number of amides is 2. The van der Waals surface area contributed by atoms with E-state index in [2.05, 4.69) is 21.4 Å². The molecule has 0 atom stereocenters. The maximum atomic E-state index is 12.7. The summed E-state index contributed by atoms with van der Waals surface area (Å²) in [6, 6.07) is 15.3. The Morgan fingerprint density at radius 3 is 2.82 bits per heavy atom. The summed E-state index contributed by atoms with van der Waals surface area (Å²) < 4.78 is 5.33. The number of aromatic nitrogens is 3. The average Bonchev–Trinajstić information content (AvgIpc) is 3.28. The minimum absolute atomic E-state index is 0.196. The third-order valence-electron chi connectivity index (χ3n) is 5.50. The van der Waals surface area contributed by atoms with Gasteiger partial charge in [-0.15, -0.1) is 0 Å². The molecule has 8 nitrogen and oxygen atoms in total. The third-order valence-corrected chi connectivity index (χ3v) is 6.52. The molecule has 2 aromatic carbocycles. The van der Waals surface area contributed by atoms with E-state index in [-0.39, 0.29) is 6.03 Å². The number of hydrogen-bond donors (Lipinski definition) is 1. The summed E-state index contributed by atoms with van der Waals surface area (Å²) in [7, 11) is 0. The number of ether oxygens (including phenoxy) is 1. The first-order valence-electron chi connectivity index (χ1n) is 10.5. The number of carbonyl (C=O) groups is 1. The molecular formula is C24H20N6O2S. The Labute approximate surface area is 194 Å². The van der Waals surface area contributed by atoms with E-state index in [1.807, 2.05) is 43.3 Å². The predicted octanol–water partition coefficient (Wildman–Crippen LogP) is 4.46. The maximum Gasteiger partial charge on any atom is 0.323 e. The zero-order valence-corrected chi connectivity index (χ0v) is 18.7. The number of thiazole rings is 1. The van der Waals surface area contributed by atoms with Crippen LogP contribution in [0, 0.1) is 18.3 Å². The molecule has 2 aromatic heterocycles. The van der Waals surface area contributed by atoms with Gasteiger partial charge >= 0.3 is 6.03 Å². The lowest BCUT2D eigenvalue weighted by Gasteiger charge is -2.26. The molecule has 33 heavy (non-hydrogen) atoms.